The summed E-state index contributed by atoms with van der Waals surface area (Å²) in [6.07, 6.45) is 0. The van der Waals surface area contributed by atoms with Crippen molar-refractivity contribution in [2.24, 2.45) is 0 Å². The largest absolute Gasteiger partial charge is 0.497 e. The van der Waals surface area contributed by atoms with Crippen molar-refractivity contribution in [3.05, 3.63) is 76.6 Å². The van der Waals surface area contributed by atoms with E-state index in [4.69, 9.17) is 9.72 Å². The van der Waals surface area contributed by atoms with Gasteiger partial charge in [-0.15, -0.1) is 11.3 Å². The highest BCUT2D eigenvalue weighted by Crippen LogP contribution is 2.31. The van der Waals surface area contributed by atoms with Crippen molar-refractivity contribution in [3.8, 4) is 16.2 Å². The molecular weight excluding hydrogens is 427 g/mol. The molecule has 0 bridgehead atoms. The molecule has 1 fully saturated rings. The van der Waals surface area contributed by atoms with Gasteiger partial charge in [0, 0.05) is 36.7 Å². The van der Waals surface area contributed by atoms with Gasteiger partial charge in [-0.1, -0.05) is 12.1 Å². The van der Waals surface area contributed by atoms with E-state index in [-0.39, 0.29) is 11.4 Å². The number of benzene rings is 2. The van der Waals surface area contributed by atoms with Crippen molar-refractivity contribution in [1.29, 1.82) is 0 Å². The molecule has 2 aromatic heterocycles. The zero-order valence-electron chi connectivity index (χ0n) is 17.7. The van der Waals surface area contributed by atoms with Crippen LogP contribution in [0.5, 0.6) is 5.75 Å². The highest BCUT2D eigenvalue weighted by Gasteiger charge is 2.19. The summed E-state index contributed by atoms with van der Waals surface area (Å²) in [5, 5.41) is 0. The number of anilines is 1. The quantitative estimate of drug-likeness (QED) is 0.496. The van der Waals surface area contributed by atoms with E-state index in [2.05, 4.69) is 26.9 Å². The summed E-state index contributed by atoms with van der Waals surface area (Å²) in [6, 6.07) is 16.3. The molecule has 0 amide bonds. The zero-order valence-corrected chi connectivity index (χ0v) is 18.5. The third-order valence-corrected chi connectivity index (χ3v) is 6.92. The van der Waals surface area contributed by atoms with E-state index in [1.165, 1.54) is 29.2 Å². The molecule has 0 radical (unpaired) electrons. The Morgan fingerprint density at radius 3 is 2.47 bits per heavy atom. The second-order valence-corrected chi connectivity index (χ2v) is 8.86. The molecule has 32 heavy (non-hydrogen) atoms. The third-order valence-electron chi connectivity index (χ3n) is 5.74. The number of aromatic amines is 1. The molecule has 0 atom stereocenters. The van der Waals surface area contributed by atoms with Crippen molar-refractivity contribution in [2.75, 3.05) is 38.2 Å². The number of thiophene rings is 1. The predicted molar refractivity (Wildman–Crippen MR) is 126 cm³/mol. The fraction of sp³-hybridized carbons (Fsp3) is 0.250. The molecule has 1 saturated heterocycles. The Hall–Kier alpha value is -3.23. The monoisotopic (exact) mass is 450 g/mol. The van der Waals surface area contributed by atoms with Crippen LogP contribution in [0.15, 0.2) is 59.4 Å². The van der Waals surface area contributed by atoms with Crippen LogP contribution in [-0.2, 0) is 6.54 Å². The second-order valence-electron chi connectivity index (χ2n) is 7.81. The summed E-state index contributed by atoms with van der Waals surface area (Å²) in [6.45, 7) is 4.19. The normalized spacial score (nSPS) is 14.8. The number of H-pyrrole nitrogens is 1. The van der Waals surface area contributed by atoms with Crippen LogP contribution in [0.3, 0.4) is 0 Å². The molecule has 2 aromatic carbocycles. The number of rotatable bonds is 5. The number of fused-ring (bicyclic) bond motifs is 1. The van der Waals surface area contributed by atoms with Gasteiger partial charge in [-0.25, -0.2) is 9.37 Å². The lowest BCUT2D eigenvalue weighted by atomic mass is 10.2. The number of piperazine rings is 1. The van der Waals surface area contributed by atoms with Gasteiger partial charge in [0.2, 0.25) is 0 Å². The minimum Gasteiger partial charge on any atom is -0.497 e. The van der Waals surface area contributed by atoms with Gasteiger partial charge in [-0.3, -0.25) is 9.69 Å². The number of halogens is 1. The molecule has 4 aromatic rings. The smallest absolute Gasteiger partial charge is 0.268 e. The lowest BCUT2D eigenvalue weighted by Crippen LogP contribution is -2.46. The molecule has 5 rings (SSSR count). The minimum absolute atomic E-state index is 0.125. The maximum Gasteiger partial charge on any atom is 0.268 e. The molecule has 6 nitrogen and oxygen atoms in total. The van der Waals surface area contributed by atoms with Gasteiger partial charge < -0.3 is 14.6 Å². The number of ether oxygens (including phenoxy) is 1. The highest BCUT2D eigenvalue weighted by atomic mass is 32.1. The summed E-state index contributed by atoms with van der Waals surface area (Å²) in [4.78, 5) is 25.8. The number of aromatic nitrogens is 2. The Balaban J connectivity index is 1.28. The van der Waals surface area contributed by atoms with E-state index in [1.54, 1.807) is 19.2 Å². The predicted octanol–water partition coefficient (Wildman–Crippen LogP) is 4.12. The van der Waals surface area contributed by atoms with Gasteiger partial charge >= 0.3 is 0 Å². The fourth-order valence-corrected chi connectivity index (χ4v) is 4.99. The van der Waals surface area contributed by atoms with Gasteiger partial charge in [0.15, 0.2) is 0 Å². The van der Waals surface area contributed by atoms with Crippen molar-refractivity contribution < 1.29 is 9.13 Å². The van der Waals surface area contributed by atoms with Crippen molar-refractivity contribution in [1.82, 2.24) is 14.9 Å². The summed E-state index contributed by atoms with van der Waals surface area (Å²) in [7, 11) is 1.67. The first-order valence-electron chi connectivity index (χ1n) is 10.5. The van der Waals surface area contributed by atoms with E-state index in [0.717, 1.165) is 42.4 Å². The van der Waals surface area contributed by atoms with Crippen LogP contribution < -0.4 is 15.2 Å². The number of methoxy groups -OCH3 is 1. The van der Waals surface area contributed by atoms with Crippen molar-refractivity contribution in [3.63, 3.8) is 0 Å². The summed E-state index contributed by atoms with van der Waals surface area (Å²) in [5.74, 6) is 1.25. The first-order valence-corrected chi connectivity index (χ1v) is 11.3. The van der Waals surface area contributed by atoms with Crippen LogP contribution in [0.1, 0.15) is 5.82 Å². The van der Waals surface area contributed by atoms with Crippen LogP contribution in [0, 0.1) is 5.82 Å². The SMILES string of the molecule is COc1ccc(N2CCN(Cc3nc4cc(-c5ccc(F)cc5)sc4c(=O)[nH]3)CC2)cc1. The van der Waals surface area contributed by atoms with E-state index in [1.807, 2.05) is 18.2 Å². The van der Waals surface area contributed by atoms with Gasteiger partial charge in [0.05, 0.1) is 19.2 Å². The lowest BCUT2D eigenvalue weighted by Gasteiger charge is -2.35. The van der Waals surface area contributed by atoms with E-state index in [9.17, 15) is 9.18 Å². The maximum absolute atomic E-state index is 13.2. The van der Waals surface area contributed by atoms with Crippen LogP contribution >= 0.6 is 11.3 Å². The molecule has 3 heterocycles. The van der Waals surface area contributed by atoms with Crippen molar-refractivity contribution in [2.45, 2.75) is 6.54 Å². The first-order chi connectivity index (χ1) is 15.6. The average Bonchev–Trinajstić information content (AvgIpc) is 3.25. The molecule has 0 unspecified atom stereocenters. The van der Waals surface area contributed by atoms with Crippen molar-refractivity contribution >= 4 is 27.2 Å². The Morgan fingerprint density at radius 1 is 1.06 bits per heavy atom. The molecule has 0 aliphatic carbocycles. The van der Waals surface area contributed by atoms with Gasteiger partial charge in [0.1, 0.15) is 22.1 Å². The lowest BCUT2D eigenvalue weighted by molar-refractivity contribution is 0.244. The average molecular weight is 451 g/mol. The molecule has 1 aliphatic rings. The first kappa shape index (κ1) is 20.7. The van der Waals surface area contributed by atoms with E-state index < -0.39 is 0 Å². The summed E-state index contributed by atoms with van der Waals surface area (Å²) in [5.41, 5.74) is 2.63. The van der Waals surface area contributed by atoms with Gasteiger partial charge in [-0.2, -0.15) is 0 Å². The number of nitrogens with zero attached hydrogens (tertiary/aromatic N) is 3. The Morgan fingerprint density at radius 2 is 1.78 bits per heavy atom. The van der Waals surface area contributed by atoms with Crippen LogP contribution in [0.25, 0.3) is 20.7 Å². The summed E-state index contributed by atoms with van der Waals surface area (Å²) >= 11 is 1.38. The van der Waals surface area contributed by atoms with Crippen LogP contribution in [-0.4, -0.2) is 48.2 Å². The Labute approximate surface area is 188 Å². The van der Waals surface area contributed by atoms with Crippen LogP contribution in [0.4, 0.5) is 10.1 Å². The standard InChI is InChI=1S/C24H23FN4O2S/c1-31-19-8-6-18(7-9-19)29-12-10-28(11-13-29)15-22-26-20-14-21(32-23(20)24(30)27-22)16-2-4-17(25)5-3-16/h2-9,14H,10-13,15H2,1H3,(H,26,27,30). The maximum atomic E-state index is 13.2. The molecule has 0 saturated carbocycles. The van der Waals surface area contributed by atoms with Gasteiger partial charge in [-0.05, 0) is 48.0 Å². The molecule has 1 aliphatic heterocycles. The Bertz CT molecular complexity index is 1280. The molecule has 8 heteroatoms. The highest BCUT2D eigenvalue weighted by molar-refractivity contribution is 7.22. The summed E-state index contributed by atoms with van der Waals surface area (Å²) < 4.78 is 19.1. The fourth-order valence-electron chi connectivity index (χ4n) is 3.99. The second kappa shape index (κ2) is 8.72. The molecule has 0 spiro atoms. The number of hydrogen-bond donors (Lipinski definition) is 1. The number of nitrogens with one attached hydrogen (secondary N) is 1. The van der Waals surface area contributed by atoms with E-state index >= 15 is 0 Å². The minimum atomic E-state index is -0.278. The third kappa shape index (κ3) is 4.24. The molecular formula is C24H23FN4O2S. The number of hydrogen-bond acceptors (Lipinski definition) is 6. The molecule has 1 N–H and O–H groups in total. The molecule has 164 valence electrons. The Kier molecular flexibility index (Phi) is 5.63. The van der Waals surface area contributed by atoms with E-state index in [0.29, 0.717) is 22.6 Å². The topological polar surface area (TPSA) is 61.5 Å². The zero-order chi connectivity index (χ0) is 22.1. The van der Waals surface area contributed by atoms with Crippen LogP contribution in [0.2, 0.25) is 0 Å². The van der Waals surface area contributed by atoms with Gasteiger partial charge in [0.25, 0.3) is 5.56 Å².